The van der Waals surface area contributed by atoms with E-state index < -0.39 is 0 Å². The van der Waals surface area contributed by atoms with Gasteiger partial charge in [-0.15, -0.1) is 6.58 Å². The molecular weight excluding hydrogens is 160 g/mol. The number of hydrogen-bond acceptors (Lipinski definition) is 1. The molecule has 1 heteroatoms. The zero-order valence-electron chi connectivity index (χ0n) is 8.63. The monoisotopic (exact) mass is 182 g/mol. The molecule has 1 fully saturated rings. The highest BCUT2D eigenvalue weighted by Crippen LogP contribution is 2.18. The number of epoxide rings is 1. The van der Waals surface area contributed by atoms with Crippen molar-refractivity contribution < 1.29 is 4.74 Å². The minimum atomic E-state index is 0.640. The van der Waals surface area contributed by atoms with Crippen LogP contribution in [-0.2, 0) is 4.74 Å². The molecule has 0 aromatic heterocycles. The lowest BCUT2D eigenvalue weighted by atomic mass is 10.1. The van der Waals surface area contributed by atoms with Crippen LogP contribution in [0.2, 0.25) is 0 Å². The van der Waals surface area contributed by atoms with Crippen molar-refractivity contribution >= 4 is 0 Å². The van der Waals surface area contributed by atoms with Gasteiger partial charge in [-0.1, -0.05) is 38.2 Å². The molecule has 0 aromatic carbocycles. The lowest BCUT2D eigenvalue weighted by molar-refractivity contribution is 0.387. The van der Waals surface area contributed by atoms with Crippen LogP contribution in [0.25, 0.3) is 0 Å². The Morgan fingerprint density at radius 3 is 2.31 bits per heavy atom. The van der Waals surface area contributed by atoms with Crippen molar-refractivity contribution in [2.24, 2.45) is 0 Å². The third kappa shape index (κ3) is 6.83. The van der Waals surface area contributed by atoms with E-state index in [2.05, 4.69) is 6.58 Å². The molecule has 0 aliphatic carbocycles. The van der Waals surface area contributed by atoms with E-state index in [0.717, 1.165) is 6.61 Å². The Hall–Kier alpha value is -0.300. The first-order valence-corrected chi connectivity index (χ1v) is 5.66. The fourth-order valence-electron chi connectivity index (χ4n) is 1.60. The largest absolute Gasteiger partial charge is 0.373 e. The summed E-state index contributed by atoms with van der Waals surface area (Å²) in [4.78, 5) is 0. The first kappa shape index (κ1) is 10.8. The van der Waals surface area contributed by atoms with Crippen LogP contribution >= 0.6 is 0 Å². The average molecular weight is 182 g/mol. The van der Waals surface area contributed by atoms with Crippen LogP contribution in [0, 0.1) is 0 Å². The van der Waals surface area contributed by atoms with Crippen LogP contribution in [0.4, 0.5) is 0 Å². The molecule has 1 atom stereocenters. The lowest BCUT2D eigenvalue weighted by Gasteiger charge is -1.99. The molecule has 1 nitrogen and oxygen atoms in total. The number of ether oxygens (including phenoxy) is 1. The van der Waals surface area contributed by atoms with Gasteiger partial charge in [-0.25, -0.2) is 0 Å². The molecule has 1 unspecified atom stereocenters. The summed E-state index contributed by atoms with van der Waals surface area (Å²) in [5.74, 6) is 0. The predicted molar refractivity (Wildman–Crippen MR) is 56.9 cm³/mol. The van der Waals surface area contributed by atoms with Gasteiger partial charge in [0.05, 0.1) is 12.7 Å². The zero-order valence-corrected chi connectivity index (χ0v) is 8.63. The highest BCUT2D eigenvalue weighted by atomic mass is 16.6. The number of rotatable bonds is 9. The molecule has 13 heavy (non-hydrogen) atoms. The zero-order chi connectivity index (χ0) is 9.36. The molecule has 0 N–H and O–H groups in total. The van der Waals surface area contributed by atoms with Crippen molar-refractivity contribution in [3.63, 3.8) is 0 Å². The minimum Gasteiger partial charge on any atom is -0.373 e. The first-order chi connectivity index (χ1) is 6.43. The quantitative estimate of drug-likeness (QED) is 0.301. The molecule has 0 radical (unpaired) electrons. The molecule has 0 spiro atoms. The van der Waals surface area contributed by atoms with E-state index in [9.17, 15) is 0 Å². The Balaban J connectivity index is 1.65. The molecular formula is C12H22O. The van der Waals surface area contributed by atoms with Crippen molar-refractivity contribution in [2.75, 3.05) is 6.61 Å². The second-order valence-electron chi connectivity index (χ2n) is 3.94. The van der Waals surface area contributed by atoms with Gasteiger partial charge in [-0.05, 0) is 19.3 Å². The van der Waals surface area contributed by atoms with Crippen LogP contribution < -0.4 is 0 Å². The molecule has 1 aliphatic heterocycles. The van der Waals surface area contributed by atoms with Gasteiger partial charge in [0.2, 0.25) is 0 Å². The highest BCUT2D eigenvalue weighted by molar-refractivity contribution is 4.68. The maximum absolute atomic E-state index is 5.16. The summed E-state index contributed by atoms with van der Waals surface area (Å²) in [5.41, 5.74) is 0. The van der Waals surface area contributed by atoms with Gasteiger partial charge < -0.3 is 4.74 Å². The minimum absolute atomic E-state index is 0.640. The second-order valence-corrected chi connectivity index (χ2v) is 3.94. The molecule has 0 amide bonds. The van der Waals surface area contributed by atoms with Crippen LogP contribution in [0.15, 0.2) is 12.7 Å². The van der Waals surface area contributed by atoms with Gasteiger partial charge in [0, 0.05) is 0 Å². The Morgan fingerprint density at radius 2 is 1.69 bits per heavy atom. The normalized spacial score (nSPS) is 20.2. The molecule has 76 valence electrons. The average Bonchev–Trinajstić information content (AvgIpc) is 2.93. The van der Waals surface area contributed by atoms with E-state index in [4.69, 9.17) is 4.74 Å². The molecule has 0 bridgehead atoms. The van der Waals surface area contributed by atoms with Gasteiger partial charge in [-0.2, -0.15) is 0 Å². The fourth-order valence-corrected chi connectivity index (χ4v) is 1.60. The maximum atomic E-state index is 5.16. The highest BCUT2D eigenvalue weighted by Gasteiger charge is 2.20. The number of unbranched alkanes of at least 4 members (excludes halogenated alkanes) is 6. The maximum Gasteiger partial charge on any atom is 0.0810 e. The SMILES string of the molecule is C=CCCCCCCCCC1CO1. The summed E-state index contributed by atoms with van der Waals surface area (Å²) in [5, 5.41) is 0. The summed E-state index contributed by atoms with van der Waals surface area (Å²) >= 11 is 0. The van der Waals surface area contributed by atoms with Crippen molar-refractivity contribution in [3.8, 4) is 0 Å². The summed E-state index contributed by atoms with van der Waals surface area (Å²) in [6.45, 7) is 4.75. The van der Waals surface area contributed by atoms with Crippen molar-refractivity contribution in [2.45, 2.75) is 57.5 Å². The molecule has 0 aromatic rings. The van der Waals surface area contributed by atoms with Gasteiger partial charge in [0.15, 0.2) is 0 Å². The van der Waals surface area contributed by atoms with Gasteiger partial charge in [0.25, 0.3) is 0 Å². The second kappa shape index (κ2) is 7.14. The number of hydrogen-bond donors (Lipinski definition) is 0. The van der Waals surface area contributed by atoms with Crippen molar-refractivity contribution in [1.82, 2.24) is 0 Å². The Morgan fingerprint density at radius 1 is 1.08 bits per heavy atom. The third-order valence-corrected chi connectivity index (χ3v) is 2.59. The van der Waals surface area contributed by atoms with Crippen LogP contribution in [0.3, 0.4) is 0 Å². The Labute approximate surface area is 82.2 Å². The van der Waals surface area contributed by atoms with Crippen molar-refractivity contribution in [1.29, 1.82) is 0 Å². The lowest BCUT2D eigenvalue weighted by Crippen LogP contribution is -1.85. The van der Waals surface area contributed by atoms with E-state index in [-0.39, 0.29) is 0 Å². The van der Waals surface area contributed by atoms with Crippen LogP contribution in [-0.4, -0.2) is 12.7 Å². The standard InChI is InChI=1S/C12H22O/c1-2-3-4-5-6-7-8-9-10-12-11-13-12/h2,12H,1,3-11H2. The third-order valence-electron chi connectivity index (χ3n) is 2.59. The van der Waals surface area contributed by atoms with E-state index in [1.807, 2.05) is 6.08 Å². The smallest absolute Gasteiger partial charge is 0.0810 e. The van der Waals surface area contributed by atoms with Crippen molar-refractivity contribution in [3.05, 3.63) is 12.7 Å². The molecule has 0 saturated carbocycles. The van der Waals surface area contributed by atoms with Crippen LogP contribution in [0.1, 0.15) is 51.4 Å². The fraction of sp³-hybridized carbons (Fsp3) is 0.833. The van der Waals surface area contributed by atoms with Gasteiger partial charge in [0.1, 0.15) is 0 Å². The Kier molecular flexibility index (Phi) is 5.92. The van der Waals surface area contributed by atoms with E-state index in [0.29, 0.717) is 6.10 Å². The Bertz CT molecular complexity index is 127. The molecule has 1 saturated heterocycles. The van der Waals surface area contributed by atoms with Gasteiger partial charge in [-0.3, -0.25) is 0 Å². The summed E-state index contributed by atoms with van der Waals surface area (Å²) in [6, 6.07) is 0. The van der Waals surface area contributed by atoms with Gasteiger partial charge >= 0.3 is 0 Å². The van der Waals surface area contributed by atoms with E-state index in [1.54, 1.807) is 0 Å². The topological polar surface area (TPSA) is 12.5 Å². The van der Waals surface area contributed by atoms with E-state index >= 15 is 0 Å². The summed E-state index contributed by atoms with van der Waals surface area (Å²) in [7, 11) is 0. The van der Waals surface area contributed by atoms with Crippen LogP contribution in [0.5, 0.6) is 0 Å². The predicted octanol–water partition coefficient (Wildman–Crippen LogP) is 3.69. The summed E-state index contributed by atoms with van der Waals surface area (Å²) in [6.07, 6.45) is 13.4. The number of allylic oxidation sites excluding steroid dienone is 1. The molecule has 1 aliphatic rings. The molecule has 1 rings (SSSR count). The van der Waals surface area contributed by atoms with E-state index in [1.165, 1.54) is 51.4 Å². The molecule has 1 heterocycles. The first-order valence-electron chi connectivity index (χ1n) is 5.66. The summed E-state index contributed by atoms with van der Waals surface area (Å²) < 4.78 is 5.16.